The number of carbonyl (C=O) groups is 2. The molecule has 27 heavy (non-hydrogen) atoms. The van der Waals surface area contributed by atoms with Crippen molar-refractivity contribution in [1.29, 1.82) is 0 Å². The van der Waals surface area contributed by atoms with Crippen molar-refractivity contribution in [3.8, 4) is 5.69 Å². The summed E-state index contributed by atoms with van der Waals surface area (Å²) < 4.78 is 15.1. The van der Waals surface area contributed by atoms with Gasteiger partial charge in [-0.1, -0.05) is 30.3 Å². The average molecular weight is 364 g/mol. The van der Waals surface area contributed by atoms with E-state index in [9.17, 15) is 14.0 Å². The summed E-state index contributed by atoms with van der Waals surface area (Å²) in [4.78, 5) is 24.7. The molecule has 0 radical (unpaired) electrons. The second kappa shape index (κ2) is 8.09. The highest BCUT2D eigenvalue weighted by molar-refractivity contribution is 6.08. The first-order valence-electron chi connectivity index (χ1n) is 8.20. The molecule has 0 bridgehead atoms. The number of rotatable bonds is 6. The molecule has 0 atom stereocenters. The molecule has 2 aromatic carbocycles. The Hall–Kier alpha value is -3.74. The fourth-order valence-electron chi connectivity index (χ4n) is 2.45. The molecule has 3 rings (SSSR count). The summed E-state index contributed by atoms with van der Waals surface area (Å²) >= 11 is 0. The maximum Gasteiger partial charge on any atom is 0.276 e. The van der Waals surface area contributed by atoms with Crippen LogP contribution in [0, 0.1) is 5.82 Å². The SMILES string of the molecule is C=CCNC(=O)c1ccccc1NC(=O)c1ccn(-c2ccccc2F)n1. The fraction of sp³-hybridized carbons (Fsp3) is 0.0500. The second-order valence-electron chi connectivity index (χ2n) is 5.60. The van der Waals surface area contributed by atoms with Gasteiger partial charge in [-0.05, 0) is 30.3 Å². The molecule has 136 valence electrons. The number of amides is 2. The molecule has 2 N–H and O–H groups in total. The topological polar surface area (TPSA) is 76.0 Å². The van der Waals surface area contributed by atoms with Gasteiger partial charge in [0, 0.05) is 12.7 Å². The number of nitrogens with one attached hydrogen (secondary N) is 2. The molecular weight excluding hydrogens is 347 g/mol. The average Bonchev–Trinajstić information content (AvgIpc) is 3.17. The maximum absolute atomic E-state index is 13.9. The van der Waals surface area contributed by atoms with Crippen LogP contribution in [0.15, 0.2) is 73.4 Å². The Morgan fingerprint density at radius 2 is 1.81 bits per heavy atom. The molecule has 0 fully saturated rings. The molecule has 0 saturated carbocycles. The molecule has 7 heteroatoms. The summed E-state index contributed by atoms with van der Waals surface area (Å²) in [7, 11) is 0. The van der Waals surface area contributed by atoms with Crippen LogP contribution in [0.4, 0.5) is 10.1 Å². The molecule has 0 saturated heterocycles. The standard InChI is InChI=1S/C20H17FN4O2/c1-2-12-22-19(26)14-7-3-5-9-16(14)23-20(27)17-11-13-25(24-17)18-10-6-4-8-15(18)21/h2-11,13H,1,12H2,(H,22,26)(H,23,27). The van der Waals surface area contributed by atoms with Gasteiger partial charge in [-0.3, -0.25) is 9.59 Å². The number of hydrogen-bond donors (Lipinski definition) is 2. The summed E-state index contributed by atoms with van der Waals surface area (Å²) in [6.45, 7) is 3.86. The monoisotopic (exact) mass is 364 g/mol. The lowest BCUT2D eigenvalue weighted by Gasteiger charge is -2.10. The van der Waals surface area contributed by atoms with Crippen LogP contribution in [-0.4, -0.2) is 28.1 Å². The Bertz CT molecular complexity index is 997. The van der Waals surface area contributed by atoms with Crippen molar-refractivity contribution in [3.63, 3.8) is 0 Å². The van der Waals surface area contributed by atoms with Crippen LogP contribution < -0.4 is 10.6 Å². The highest BCUT2D eigenvalue weighted by atomic mass is 19.1. The third kappa shape index (κ3) is 4.09. The summed E-state index contributed by atoms with van der Waals surface area (Å²) in [5.74, 6) is -1.28. The van der Waals surface area contributed by atoms with E-state index in [1.165, 1.54) is 23.0 Å². The smallest absolute Gasteiger partial charge is 0.276 e. The van der Waals surface area contributed by atoms with Crippen molar-refractivity contribution in [1.82, 2.24) is 15.1 Å². The van der Waals surface area contributed by atoms with Crippen LogP contribution in [0.1, 0.15) is 20.8 Å². The largest absolute Gasteiger partial charge is 0.349 e. The molecule has 0 unspecified atom stereocenters. The predicted octanol–water partition coefficient (Wildman–Crippen LogP) is 3.18. The first kappa shape index (κ1) is 18.1. The predicted molar refractivity (Wildman–Crippen MR) is 100 cm³/mol. The van der Waals surface area contributed by atoms with Crippen LogP contribution in [0.25, 0.3) is 5.69 Å². The van der Waals surface area contributed by atoms with Crippen LogP contribution in [0.2, 0.25) is 0 Å². The van der Waals surface area contributed by atoms with E-state index >= 15 is 0 Å². The number of nitrogens with zero attached hydrogens (tertiary/aromatic N) is 2. The van der Waals surface area contributed by atoms with E-state index in [1.54, 1.807) is 48.5 Å². The van der Waals surface area contributed by atoms with Crippen molar-refractivity contribution in [2.45, 2.75) is 0 Å². The van der Waals surface area contributed by atoms with Gasteiger partial charge < -0.3 is 10.6 Å². The zero-order valence-electron chi connectivity index (χ0n) is 14.4. The molecule has 6 nitrogen and oxygen atoms in total. The number of anilines is 1. The van der Waals surface area contributed by atoms with Crippen molar-refractivity contribution in [2.24, 2.45) is 0 Å². The van der Waals surface area contributed by atoms with Gasteiger partial charge in [-0.15, -0.1) is 6.58 Å². The van der Waals surface area contributed by atoms with Crippen molar-refractivity contribution < 1.29 is 14.0 Å². The molecular formula is C20H17FN4O2. The zero-order chi connectivity index (χ0) is 19.2. The van der Waals surface area contributed by atoms with E-state index in [-0.39, 0.29) is 17.3 Å². The van der Waals surface area contributed by atoms with Crippen molar-refractivity contribution in [3.05, 3.63) is 90.5 Å². The minimum atomic E-state index is -0.506. The third-order valence-corrected chi connectivity index (χ3v) is 3.75. The van der Waals surface area contributed by atoms with Crippen LogP contribution in [0.3, 0.4) is 0 Å². The molecule has 0 aliphatic heterocycles. The Balaban J connectivity index is 1.80. The minimum absolute atomic E-state index is 0.0968. The molecule has 1 heterocycles. The van der Waals surface area contributed by atoms with Crippen molar-refractivity contribution >= 4 is 17.5 Å². The van der Waals surface area contributed by atoms with Crippen LogP contribution in [0.5, 0.6) is 0 Å². The summed E-state index contributed by atoms with van der Waals surface area (Å²) in [6.07, 6.45) is 3.06. The molecule has 1 aromatic heterocycles. The van der Waals surface area contributed by atoms with E-state index < -0.39 is 11.7 Å². The van der Waals surface area contributed by atoms with Crippen LogP contribution in [-0.2, 0) is 0 Å². The summed E-state index contributed by atoms with van der Waals surface area (Å²) in [6, 6.07) is 14.2. The number of para-hydroxylation sites is 2. The molecule has 0 spiro atoms. The Labute approximate surface area is 155 Å². The van der Waals surface area contributed by atoms with Gasteiger partial charge in [0.15, 0.2) is 5.69 Å². The van der Waals surface area contributed by atoms with Gasteiger partial charge in [-0.25, -0.2) is 9.07 Å². The Kier molecular flexibility index (Phi) is 5.41. The lowest BCUT2D eigenvalue weighted by Crippen LogP contribution is -2.25. The second-order valence-corrected chi connectivity index (χ2v) is 5.60. The normalized spacial score (nSPS) is 10.3. The number of hydrogen-bond acceptors (Lipinski definition) is 3. The molecule has 3 aromatic rings. The van der Waals surface area contributed by atoms with E-state index in [0.29, 0.717) is 17.8 Å². The van der Waals surface area contributed by atoms with Crippen molar-refractivity contribution in [2.75, 3.05) is 11.9 Å². The maximum atomic E-state index is 13.9. The third-order valence-electron chi connectivity index (χ3n) is 3.75. The lowest BCUT2D eigenvalue weighted by atomic mass is 10.1. The Morgan fingerprint density at radius 3 is 2.59 bits per heavy atom. The number of aromatic nitrogens is 2. The van der Waals surface area contributed by atoms with Gasteiger partial charge in [0.2, 0.25) is 0 Å². The highest BCUT2D eigenvalue weighted by Crippen LogP contribution is 2.17. The lowest BCUT2D eigenvalue weighted by molar-refractivity contribution is 0.0959. The number of benzene rings is 2. The number of halogens is 1. The minimum Gasteiger partial charge on any atom is -0.349 e. The van der Waals surface area contributed by atoms with E-state index in [1.807, 2.05) is 0 Å². The Morgan fingerprint density at radius 1 is 1.07 bits per heavy atom. The van der Waals surface area contributed by atoms with Gasteiger partial charge in [0.25, 0.3) is 11.8 Å². The van der Waals surface area contributed by atoms with E-state index in [4.69, 9.17) is 0 Å². The fourth-order valence-corrected chi connectivity index (χ4v) is 2.45. The quantitative estimate of drug-likeness (QED) is 0.660. The number of carbonyl (C=O) groups excluding carboxylic acids is 2. The van der Waals surface area contributed by atoms with E-state index in [2.05, 4.69) is 22.3 Å². The summed E-state index contributed by atoms with van der Waals surface area (Å²) in [5.41, 5.74) is 1.01. The van der Waals surface area contributed by atoms with Gasteiger partial charge >= 0.3 is 0 Å². The molecule has 2 amide bonds. The van der Waals surface area contributed by atoms with Gasteiger partial charge in [-0.2, -0.15) is 5.10 Å². The molecule has 0 aliphatic rings. The van der Waals surface area contributed by atoms with Crippen LogP contribution >= 0.6 is 0 Å². The molecule has 0 aliphatic carbocycles. The van der Waals surface area contributed by atoms with E-state index in [0.717, 1.165) is 0 Å². The highest BCUT2D eigenvalue weighted by Gasteiger charge is 2.16. The zero-order valence-corrected chi connectivity index (χ0v) is 14.4. The first-order chi connectivity index (χ1) is 13.1. The summed E-state index contributed by atoms with van der Waals surface area (Å²) in [5, 5.41) is 9.44. The first-order valence-corrected chi connectivity index (χ1v) is 8.20. The van der Waals surface area contributed by atoms with Gasteiger partial charge in [0.1, 0.15) is 11.5 Å². The van der Waals surface area contributed by atoms with Gasteiger partial charge in [0.05, 0.1) is 11.3 Å².